The lowest BCUT2D eigenvalue weighted by Gasteiger charge is -2.26. The number of hydrogen-bond acceptors (Lipinski definition) is 3. The average molecular weight is 277 g/mol. The Morgan fingerprint density at radius 1 is 1.35 bits per heavy atom. The van der Waals surface area contributed by atoms with E-state index in [1.165, 1.54) is 44.6 Å². The first-order valence-electron chi connectivity index (χ1n) is 7.37. The van der Waals surface area contributed by atoms with Crippen LogP contribution < -0.4 is 10.7 Å². The maximum absolute atomic E-state index is 11.9. The molecule has 1 aromatic rings. The van der Waals surface area contributed by atoms with E-state index in [2.05, 4.69) is 15.2 Å². The predicted octanol–water partition coefficient (Wildman–Crippen LogP) is 1.29. The molecule has 1 amide bonds. The molecule has 0 aromatic carbocycles. The lowest BCUT2D eigenvalue weighted by Crippen LogP contribution is -2.34. The maximum atomic E-state index is 11.9. The normalized spacial score (nSPS) is 16.1. The van der Waals surface area contributed by atoms with Gasteiger partial charge in [0.15, 0.2) is 5.43 Å². The van der Waals surface area contributed by atoms with Gasteiger partial charge in [-0.25, -0.2) is 0 Å². The van der Waals surface area contributed by atoms with Crippen LogP contribution in [0.2, 0.25) is 0 Å². The molecule has 0 atom stereocenters. The van der Waals surface area contributed by atoms with Crippen LogP contribution in [0.1, 0.15) is 41.7 Å². The van der Waals surface area contributed by atoms with Gasteiger partial charge in [0.2, 0.25) is 0 Å². The van der Waals surface area contributed by atoms with Gasteiger partial charge >= 0.3 is 0 Å². The van der Waals surface area contributed by atoms with Crippen molar-refractivity contribution in [1.29, 1.82) is 0 Å². The average Bonchev–Trinajstić information content (AvgIpc) is 2.44. The van der Waals surface area contributed by atoms with Crippen molar-refractivity contribution in [3.05, 3.63) is 33.7 Å². The molecular formula is C15H23N3O2. The molecule has 2 N–H and O–H groups in total. The number of nitrogens with zero attached hydrogens (tertiary/aromatic N) is 1. The molecule has 1 fully saturated rings. The summed E-state index contributed by atoms with van der Waals surface area (Å²) in [6.45, 7) is 5.77. The molecule has 0 aliphatic carbocycles. The molecule has 1 aliphatic rings. The zero-order valence-electron chi connectivity index (χ0n) is 12.1. The summed E-state index contributed by atoms with van der Waals surface area (Å²) in [5.74, 6) is -0.287. The van der Waals surface area contributed by atoms with Gasteiger partial charge < -0.3 is 15.2 Å². The lowest BCUT2D eigenvalue weighted by atomic mass is 10.1. The van der Waals surface area contributed by atoms with Gasteiger partial charge in [-0.05, 0) is 45.8 Å². The van der Waals surface area contributed by atoms with E-state index in [-0.39, 0.29) is 16.9 Å². The summed E-state index contributed by atoms with van der Waals surface area (Å²) in [6.07, 6.45) is 6.31. The van der Waals surface area contributed by atoms with Crippen LogP contribution in [-0.2, 0) is 0 Å². The lowest BCUT2D eigenvalue weighted by molar-refractivity contribution is 0.0949. The standard InChI is InChI=1S/C15H23N3O2/c1-12-10-14(19)13(11-17-12)15(20)16-6-5-9-18-7-3-2-4-8-18/h10-11H,2-9H2,1H3,(H,16,20)(H,17,19). The Kier molecular flexibility index (Phi) is 5.35. The van der Waals surface area contributed by atoms with Crippen LogP contribution in [0.5, 0.6) is 0 Å². The first kappa shape index (κ1) is 14.8. The second kappa shape index (κ2) is 7.24. The topological polar surface area (TPSA) is 65.2 Å². The highest BCUT2D eigenvalue weighted by molar-refractivity contribution is 5.93. The molecule has 1 aliphatic heterocycles. The van der Waals surface area contributed by atoms with Crippen LogP contribution in [0, 0.1) is 6.92 Å². The van der Waals surface area contributed by atoms with E-state index in [0.29, 0.717) is 6.54 Å². The fourth-order valence-electron chi connectivity index (χ4n) is 2.53. The minimum absolute atomic E-state index is 0.188. The molecule has 0 unspecified atom stereocenters. The predicted molar refractivity (Wildman–Crippen MR) is 79.0 cm³/mol. The summed E-state index contributed by atoms with van der Waals surface area (Å²) in [7, 11) is 0. The van der Waals surface area contributed by atoms with Crippen molar-refractivity contribution >= 4 is 5.91 Å². The third-order valence-electron chi connectivity index (χ3n) is 3.69. The molecule has 0 bridgehead atoms. The molecule has 110 valence electrons. The third kappa shape index (κ3) is 4.20. The maximum Gasteiger partial charge on any atom is 0.256 e. The van der Waals surface area contributed by atoms with E-state index >= 15 is 0 Å². The molecule has 1 saturated heterocycles. The molecule has 5 heteroatoms. The number of rotatable bonds is 5. The summed E-state index contributed by atoms with van der Waals surface area (Å²) in [5.41, 5.74) is 0.722. The summed E-state index contributed by atoms with van der Waals surface area (Å²) >= 11 is 0. The van der Waals surface area contributed by atoms with E-state index < -0.39 is 0 Å². The van der Waals surface area contributed by atoms with Crippen LogP contribution in [0.4, 0.5) is 0 Å². The monoisotopic (exact) mass is 277 g/mol. The van der Waals surface area contributed by atoms with Gasteiger partial charge in [-0.1, -0.05) is 6.42 Å². The Morgan fingerprint density at radius 3 is 2.80 bits per heavy atom. The molecular weight excluding hydrogens is 254 g/mol. The van der Waals surface area contributed by atoms with E-state index in [1.54, 1.807) is 6.92 Å². The number of H-pyrrole nitrogens is 1. The number of pyridine rings is 1. The van der Waals surface area contributed by atoms with Gasteiger partial charge in [0.25, 0.3) is 5.91 Å². The van der Waals surface area contributed by atoms with Crippen molar-refractivity contribution < 1.29 is 4.79 Å². The Labute approximate surface area is 119 Å². The van der Waals surface area contributed by atoms with Crippen molar-refractivity contribution in [3.63, 3.8) is 0 Å². The van der Waals surface area contributed by atoms with Crippen molar-refractivity contribution in [2.75, 3.05) is 26.2 Å². The first-order valence-corrected chi connectivity index (χ1v) is 7.37. The molecule has 0 spiro atoms. The van der Waals surface area contributed by atoms with Gasteiger partial charge in [-0.15, -0.1) is 0 Å². The largest absolute Gasteiger partial charge is 0.364 e. The van der Waals surface area contributed by atoms with Gasteiger partial charge in [0.05, 0.1) is 0 Å². The Hall–Kier alpha value is -1.62. The van der Waals surface area contributed by atoms with Gasteiger partial charge in [-0.2, -0.15) is 0 Å². The second-order valence-electron chi connectivity index (χ2n) is 5.41. The second-order valence-corrected chi connectivity index (χ2v) is 5.41. The summed E-state index contributed by atoms with van der Waals surface area (Å²) < 4.78 is 0. The van der Waals surface area contributed by atoms with E-state index in [4.69, 9.17) is 0 Å². The van der Waals surface area contributed by atoms with E-state index in [9.17, 15) is 9.59 Å². The highest BCUT2D eigenvalue weighted by Crippen LogP contribution is 2.08. The number of amides is 1. The van der Waals surface area contributed by atoms with E-state index in [0.717, 1.165) is 18.7 Å². The smallest absolute Gasteiger partial charge is 0.256 e. The highest BCUT2D eigenvalue weighted by Gasteiger charge is 2.11. The fraction of sp³-hybridized carbons (Fsp3) is 0.600. The first-order chi connectivity index (χ1) is 9.66. The van der Waals surface area contributed by atoms with Crippen LogP contribution in [0.25, 0.3) is 0 Å². The summed E-state index contributed by atoms with van der Waals surface area (Å²) in [5, 5.41) is 2.81. The van der Waals surface area contributed by atoms with Gasteiger partial charge in [0.1, 0.15) is 5.56 Å². The summed E-state index contributed by atoms with van der Waals surface area (Å²) in [6, 6.07) is 1.45. The minimum atomic E-state index is -0.287. The quantitative estimate of drug-likeness (QED) is 0.797. The van der Waals surface area contributed by atoms with Crippen LogP contribution in [0.3, 0.4) is 0 Å². The highest BCUT2D eigenvalue weighted by atomic mass is 16.2. The molecule has 1 aromatic heterocycles. The SMILES string of the molecule is Cc1cc(=O)c(C(=O)NCCCN2CCCCC2)c[nH]1. The van der Waals surface area contributed by atoms with Crippen LogP contribution >= 0.6 is 0 Å². The fourth-order valence-corrected chi connectivity index (χ4v) is 2.53. The van der Waals surface area contributed by atoms with Crippen molar-refractivity contribution in [3.8, 4) is 0 Å². The van der Waals surface area contributed by atoms with Crippen molar-refractivity contribution in [2.24, 2.45) is 0 Å². The van der Waals surface area contributed by atoms with Gasteiger partial charge in [0, 0.05) is 24.5 Å². The van der Waals surface area contributed by atoms with Crippen LogP contribution in [-0.4, -0.2) is 42.0 Å². The van der Waals surface area contributed by atoms with Gasteiger partial charge in [-0.3, -0.25) is 9.59 Å². The number of aromatic nitrogens is 1. The Morgan fingerprint density at radius 2 is 2.10 bits per heavy atom. The molecule has 0 radical (unpaired) electrons. The molecule has 0 saturated carbocycles. The number of nitrogens with one attached hydrogen (secondary N) is 2. The molecule has 2 rings (SSSR count). The third-order valence-corrected chi connectivity index (χ3v) is 3.69. The molecule has 20 heavy (non-hydrogen) atoms. The zero-order valence-corrected chi connectivity index (χ0v) is 12.1. The number of likely N-dealkylation sites (tertiary alicyclic amines) is 1. The number of piperidine rings is 1. The number of carbonyl (C=O) groups is 1. The number of aryl methyl sites for hydroxylation is 1. The number of carbonyl (C=O) groups excluding carboxylic acids is 1. The Balaban J connectivity index is 1.73. The Bertz CT molecular complexity index is 504. The number of hydrogen-bond donors (Lipinski definition) is 2. The zero-order chi connectivity index (χ0) is 14.4. The number of aromatic amines is 1. The van der Waals surface area contributed by atoms with E-state index in [1.807, 2.05) is 0 Å². The molecule has 2 heterocycles. The van der Waals surface area contributed by atoms with Crippen molar-refractivity contribution in [2.45, 2.75) is 32.6 Å². The van der Waals surface area contributed by atoms with Crippen molar-refractivity contribution in [1.82, 2.24) is 15.2 Å². The minimum Gasteiger partial charge on any atom is -0.364 e. The summed E-state index contributed by atoms with van der Waals surface area (Å²) in [4.78, 5) is 28.9. The van der Waals surface area contributed by atoms with Crippen LogP contribution in [0.15, 0.2) is 17.1 Å². The molecule has 5 nitrogen and oxygen atoms in total.